The van der Waals surface area contributed by atoms with Crippen LogP contribution in [-0.2, 0) is 6.42 Å². The molecule has 236 valence electrons. The minimum absolute atomic E-state index is 0.0450. The average molecular weight is 605 g/mol. The zero-order valence-electron chi connectivity index (χ0n) is 26.3. The smallest absolute Gasteiger partial charge is 0.166 e. The van der Waals surface area contributed by atoms with Crippen LogP contribution >= 0.6 is 0 Å². The summed E-state index contributed by atoms with van der Waals surface area (Å²) in [5, 5.41) is 0. The van der Waals surface area contributed by atoms with E-state index in [1.807, 2.05) is 0 Å². The first-order valence-electron chi connectivity index (χ1n) is 17.1. The Labute approximate surface area is 262 Å². The van der Waals surface area contributed by atoms with Crippen molar-refractivity contribution < 1.29 is 17.6 Å². The number of rotatable bonds is 12. The molecule has 5 rings (SSSR count). The number of halogens is 4. The molecular formula is C40H48F4. The van der Waals surface area contributed by atoms with Crippen LogP contribution in [0.3, 0.4) is 0 Å². The van der Waals surface area contributed by atoms with Crippen LogP contribution in [0.25, 0.3) is 22.3 Å². The Morgan fingerprint density at radius 2 is 1.11 bits per heavy atom. The SMILES string of the molecule is C=CC1CCC(C2CCC(c3ccc(-c4ccc(-c5ccc(CCCCCCCC)c(F)c5F)cc4)c(F)c3F)CC2)CC1. The number of benzene rings is 3. The van der Waals surface area contributed by atoms with Gasteiger partial charge in [-0.15, -0.1) is 6.58 Å². The lowest BCUT2D eigenvalue weighted by atomic mass is 9.68. The summed E-state index contributed by atoms with van der Waals surface area (Å²) in [6.45, 7) is 6.12. The average Bonchev–Trinajstić information content (AvgIpc) is 3.06. The highest BCUT2D eigenvalue weighted by molar-refractivity contribution is 5.71. The first kappa shape index (κ1) is 32.5. The molecule has 0 spiro atoms. The van der Waals surface area contributed by atoms with Gasteiger partial charge in [0, 0.05) is 11.1 Å². The molecule has 2 aliphatic rings. The summed E-state index contributed by atoms with van der Waals surface area (Å²) in [7, 11) is 0. The van der Waals surface area contributed by atoms with Crippen LogP contribution in [0.2, 0.25) is 0 Å². The number of hydrogen-bond acceptors (Lipinski definition) is 0. The quantitative estimate of drug-likeness (QED) is 0.110. The maximum atomic E-state index is 15.4. The lowest BCUT2D eigenvalue weighted by Gasteiger charge is -2.37. The van der Waals surface area contributed by atoms with Crippen molar-refractivity contribution in [1.82, 2.24) is 0 Å². The summed E-state index contributed by atoms with van der Waals surface area (Å²) in [5.41, 5.74) is 2.26. The second kappa shape index (κ2) is 15.4. The van der Waals surface area contributed by atoms with Crippen LogP contribution in [0.5, 0.6) is 0 Å². The zero-order chi connectivity index (χ0) is 31.1. The van der Waals surface area contributed by atoms with Crippen molar-refractivity contribution in [1.29, 1.82) is 0 Å². The van der Waals surface area contributed by atoms with Gasteiger partial charge < -0.3 is 0 Å². The molecule has 0 radical (unpaired) electrons. The summed E-state index contributed by atoms with van der Waals surface area (Å²) in [6, 6.07) is 13.3. The van der Waals surface area contributed by atoms with Crippen LogP contribution in [0.15, 0.2) is 61.2 Å². The van der Waals surface area contributed by atoms with Crippen LogP contribution in [0.4, 0.5) is 17.6 Å². The van der Waals surface area contributed by atoms with E-state index in [1.165, 1.54) is 44.9 Å². The van der Waals surface area contributed by atoms with Gasteiger partial charge in [0.2, 0.25) is 0 Å². The molecule has 0 unspecified atom stereocenters. The molecule has 0 aliphatic heterocycles. The summed E-state index contributed by atoms with van der Waals surface area (Å²) in [4.78, 5) is 0. The Morgan fingerprint density at radius 1 is 0.591 bits per heavy atom. The van der Waals surface area contributed by atoms with E-state index in [1.54, 1.807) is 48.5 Å². The Bertz CT molecular complexity index is 1380. The number of allylic oxidation sites excluding steroid dienone is 1. The molecule has 44 heavy (non-hydrogen) atoms. The van der Waals surface area contributed by atoms with Crippen LogP contribution in [0, 0.1) is 41.0 Å². The second-order valence-electron chi connectivity index (χ2n) is 13.3. The molecule has 3 aromatic rings. The molecule has 0 nitrogen and oxygen atoms in total. The van der Waals surface area contributed by atoms with Crippen molar-refractivity contribution in [2.24, 2.45) is 17.8 Å². The lowest BCUT2D eigenvalue weighted by Crippen LogP contribution is -2.25. The minimum atomic E-state index is -0.859. The molecule has 0 atom stereocenters. The van der Waals surface area contributed by atoms with Gasteiger partial charge in [-0.2, -0.15) is 0 Å². The number of aryl methyl sites for hydroxylation is 1. The lowest BCUT2D eigenvalue weighted by molar-refractivity contribution is 0.171. The Hall–Kier alpha value is -2.88. The van der Waals surface area contributed by atoms with Crippen molar-refractivity contribution in [2.75, 3.05) is 0 Å². The summed E-state index contributed by atoms with van der Waals surface area (Å²) in [5.74, 6) is -1.09. The molecular weight excluding hydrogens is 556 g/mol. The molecule has 2 fully saturated rings. The van der Waals surface area contributed by atoms with E-state index in [4.69, 9.17) is 0 Å². The van der Waals surface area contributed by atoms with E-state index >= 15 is 13.2 Å². The van der Waals surface area contributed by atoms with E-state index in [9.17, 15) is 4.39 Å². The van der Waals surface area contributed by atoms with Crippen molar-refractivity contribution in [3.63, 3.8) is 0 Å². The molecule has 2 saturated carbocycles. The highest BCUT2D eigenvalue weighted by Crippen LogP contribution is 2.45. The van der Waals surface area contributed by atoms with Gasteiger partial charge in [-0.05, 0) is 110 Å². The van der Waals surface area contributed by atoms with Crippen LogP contribution < -0.4 is 0 Å². The van der Waals surface area contributed by atoms with Crippen LogP contribution in [-0.4, -0.2) is 0 Å². The van der Waals surface area contributed by atoms with Crippen molar-refractivity contribution >= 4 is 0 Å². The molecule has 0 amide bonds. The van der Waals surface area contributed by atoms with E-state index in [0.717, 1.165) is 50.9 Å². The molecule has 2 aliphatic carbocycles. The maximum Gasteiger partial charge on any atom is 0.166 e. The van der Waals surface area contributed by atoms with Crippen LogP contribution in [0.1, 0.15) is 114 Å². The largest absolute Gasteiger partial charge is 0.203 e. The second-order valence-corrected chi connectivity index (χ2v) is 13.3. The zero-order valence-corrected chi connectivity index (χ0v) is 26.3. The fourth-order valence-corrected chi connectivity index (χ4v) is 7.79. The van der Waals surface area contributed by atoms with E-state index in [2.05, 4.69) is 19.6 Å². The van der Waals surface area contributed by atoms with Gasteiger partial charge in [0.15, 0.2) is 23.3 Å². The third-order valence-electron chi connectivity index (χ3n) is 10.6. The van der Waals surface area contributed by atoms with Gasteiger partial charge in [0.1, 0.15) is 0 Å². The highest BCUT2D eigenvalue weighted by atomic mass is 19.2. The summed E-state index contributed by atoms with van der Waals surface area (Å²) < 4.78 is 60.8. The predicted octanol–water partition coefficient (Wildman–Crippen LogP) is 12.7. The van der Waals surface area contributed by atoms with Gasteiger partial charge in [-0.3, -0.25) is 0 Å². The Balaban J connectivity index is 1.21. The third kappa shape index (κ3) is 7.49. The Kier molecular flexibility index (Phi) is 11.4. The predicted molar refractivity (Wildman–Crippen MR) is 175 cm³/mol. The van der Waals surface area contributed by atoms with Gasteiger partial charge in [-0.1, -0.05) is 93.6 Å². The monoisotopic (exact) mass is 604 g/mol. The first-order valence-corrected chi connectivity index (χ1v) is 17.1. The van der Waals surface area contributed by atoms with Crippen molar-refractivity contribution in [3.8, 4) is 22.3 Å². The summed E-state index contributed by atoms with van der Waals surface area (Å²) >= 11 is 0. The van der Waals surface area contributed by atoms with E-state index < -0.39 is 23.3 Å². The third-order valence-corrected chi connectivity index (χ3v) is 10.6. The van der Waals surface area contributed by atoms with Gasteiger partial charge >= 0.3 is 0 Å². The van der Waals surface area contributed by atoms with Crippen molar-refractivity contribution in [3.05, 3.63) is 95.6 Å². The number of unbranched alkanes of at least 4 members (excludes halogenated alkanes) is 5. The van der Waals surface area contributed by atoms with Gasteiger partial charge in [0.05, 0.1) is 0 Å². The molecule has 0 saturated heterocycles. The molecule has 3 aromatic carbocycles. The minimum Gasteiger partial charge on any atom is -0.203 e. The van der Waals surface area contributed by atoms with Gasteiger partial charge in [-0.25, -0.2) is 17.6 Å². The first-order chi connectivity index (χ1) is 21.4. The standard InChI is InChI=1S/C40H48F4/c1-3-5-6-7-8-9-10-33-23-24-34(38(42)37(33)41)31-19-21-32(22-20-31)36-26-25-35(39(43)40(36)44)30-17-15-29(16-18-30)28-13-11-27(4-2)12-14-28/h4,19-30H,2-3,5-18H2,1H3. The maximum absolute atomic E-state index is 15.4. The molecule has 0 bridgehead atoms. The normalized spacial score (nSPS) is 22.2. The summed E-state index contributed by atoms with van der Waals surface area (Å²) in [6.07, 6.45) is 18.1. The fourth-order valence-electron chi connectivity index (χ4n) is 7.79. The molecule has 0 N–H and O–H groups in total. The molecule has 4 heteroatoms. The highest BCUT2D eigenvalue weighted by Gasteiger charge is 2.32. The number of hydrogen-bond donors (Lipinski definition) is 0. The van der Waals surface area contributed by atoms with Crippen molar-refractivity contribution in [2.45, 2.75) is 109 Å². The fraction of sp³-hybridized carbons (Fsp3) is 0.500. The van der Waals surface area contributed by atoms with E-state index in [0.29, 0.717) is 40.5 Å². The van der Waals surface area contributed by atoms with E-state index in [-0.39, 0.29) is 17.0 Å². The topological polar surface area (TPSA) is 0 Å². The Morgan fingerprint density at radius 3 is 1.70 bits per heavy atom. The van der Waals surface area contributed by atoms with Gasteiger partial charge in [0.25, 0.3) is 0 Å². The molecule has 0 heterocycles. The molecule has 0 aromatic heterocycles.